The topological polar surface area (TPSA) is 194 Å². The number of anilines is 2. The summed E-state index contributed by atoms with van der Waals surface area (Å²) in [6, 6.07) is 21.8. The number of hydrogen-bond donors (Lipinski definition) is 3. The number of amides is 6. The lowest BCUT2D eigenvalue weighted by Gasteiger charge is -2.35. The van der Waals surface area contributed by atoms with Gasteiger partial charge in [0, 0.05) is 31.6 Å². The number of alkyl halides is 3. The minimum absolute atomic E-state index is 0.0403. The zero-order valence-corrected chi connectivity index (χ0v) is 40.1. The summed E-state index contributed by atoms with van der Waals surface area (Å²) in [5, 5.41) is 25.7. The van der Waals surface area contributed by atoms with Crippen molar-refractivity contribution >= 4 is 52.4 Å². The number of carbonyl (C=O) groups is 5. The number of benzene rings is 4. The lowest BCUT2D eigenvalue weighted by Crippen LogP contribution is -2.57. The largest absolute Gasteiger partial charge is 0.493 e. The Bertz CT molecular complexity index is 2820. The number of likely N-dealkylation sites (tertiary alicyclic amines) is 1. The average molecular weight is 980 g/mol. The van der Waals surface area contributed by atoms with Crippen LogP contribution in [0.5, 0.6) is 11.5 Å². The molecule has 2 fully saturated rings. The highest BCUT2D eigenvalue weighted by Crippen LogP contribution is 2.40. The fraction of sp³-hybridized carbons (Fsp3) is 0.353. The minimum Gasteiger partial charge on any atom is -0.493 e. The van der Waals surface area contributed by atoms with Gasteiger partial charge in [0.15, 0.2) is 0 Å². The van der Waals surface area contributed by atoms with Gasteiger partial charge in [0.2, 0.25) is 11.8 Å². The van der Waals surface area contributed by atoms with Gasteiger partial charge in [0.1, 0.15) is 29.1 Å². The van der Waals surface area contributed by atoms with Gasteiger partial charge in [-0.2, -0.15) is 18.4 Å². The third-order valence-electron chi connectivity index (χ3n) is 12.1. The van der Waals surface area contributed by atoms with Crippen LogP contribution >= 0.6 is 11.3 Å². The summed E-state index contributed by atoms with van der Waals surface area (Å²) in [5.74, 6) is -1.60. The number of aliphatic hydroxyl groups excluding tert-OH is 1. The molecule has 4 aromatic carbocycles. The Hall–Kier alpha value is -7.30. The van der Waals surface area contributed by atoms with Crippen molar-refractivity contribution in [3.63, 3.8) is 0 Å². The summed E-state index contributed by atoms with van der Waals surface area (Å²) in [6.07, 6.45) is -5.42. The van der Waals surface area contributed by atoms with Gasteiger partial charge in [-0.05, 0) is 91.9 Å². The Morgan fingerprint density at radius 3 is 2.27 bits per heavy atom. The number of para-hydroxylation sites is 1. The summed E-state index contributed by atoms with van der Waals surface area (Å²) >= 11 is 1.55. The van der Waals surface area contributed by atoms with Crippen LogP contribution < -0.4 is 29.9 Å². The number of aryl methyl sites for hydroxylation is 1. The van der Waals surface area contributed by atoms with E-state index in [1.807, 2.05) is 31.2 Å². The molecule has 2 aliphatic rings. The number of aromatic nitrogens is 1. The normalized spacial score (nSPS) is 17.3. The van der Waals surface area contributed by atoms with E-state index in [0.717, 1.165) is 33.8 Å². The van der Waals surface area contributed by atoms with E-state index >= 15 is 0 Å². The van der Waals surface area contributed by atoms with Crippen molar-refractivity contribution in [2.24, 2.45) is 5.41 Å². The minimum atomic E-state index is -4.89. The molecule has 366 valence electrons. The average Bonchev–Trinajstić information content (AvgIpc) is 3.98. The standard InChI is InChI=1S/C51H52F3N7O8S/c1-30-42(70-29-57-30)32-14-12-31(13-15-32)27-56-45(64)40-25-36(62)28-59(40)46(65)43(49(2,3)4)58-44(63)38-10-7-8-11-41(38)69-23-9-22-68-37-20-18-34(19-21-37)61-48(67)60(47(66)50(61,5)6)35-17-16-33(26-55)39(24-35)51(52,53)54/h7-8,10-21,24,29,36,40,43,62H,9,22-23,25,27-28H2,1-6H3,(H,56,64)(H,58,63)/t36-,40+,43?/m1/s1. The Morgan fingerprint density at radius 2 is 1.63 bits per heavy atom. The molecule has 5 aromatic rings. The zero-order chi connectivity index (χ0) is 50.7. The molecule has 0 aliphatic carbocycles. The summed E-state index contributed by atoms with van der Waals surface area (Å²) in [7, 11) is 0. The van der Waals surface area contributed by atoms with Gasteiger partial charge in [0.05, 0.1) is 63.8 Å². The number of hydrogen-bond acceptors (Lipinski definition) is 11. The molecular weight excluding hydrogens is 928 g/mol. The predicted molar refractivity (Wildman–Crippen MR) is 255 cm³/mol. The van der Waals surface area contributed by atoms with E-state index in [1.54, 1.807) is 86.1 Å². The number of carbonyl (C=O) groups excluding carboxylic acids is 5. The molecule has 70 heavy (non-hydrogen) atoms. The number of nitrogens with one attached hydrogen (secondary N) is 2. The van der Waals surface area contributed by atoms with Crippen LogP contribution in [-0.4, -0.2) is 88.1 Å². The molecule has 0 bridgehead atoms. The van der Waals surface area contributed by atoms with Crippen LogP contribution in [0.4, 0.5) is 29.3 Å². The molecule has 3 heterocycles. The van der Waals surface area contributed by atoms with Gasteiger partial charge in [-0.1, -0.05) is 57.2 Å². The first-order valence-electron chi connectivity index (χ1n) is 22.4. The molecular formula is C51H52F3N7O8S. The van der Waals surface area contributed by atoms with E-state index in [1.165, 1.54) is 29.7 Å². The van der Waals surface area contributed by atoms with Crippen molar-refractivity contribution in [3.05, 3.63) is 124 Å². The first-order valence-corrected chi connectivity index (χ1v) is 23.3. The molecule has 0 radical (unpaired) electrons. The van der Waals surface area contributed by atoms with E-state index in [9.17, 15) is 47.5 Å². The number of nitrogens with zero attached hydrogens (tertiary/aromatic N) is 5. The third kappa shape index (κ3) is 10.8. The predicted octanol–water partition coefficient (Wildman–Crippen LogP) is 8.03. The summed E-state index contributed by atoms with van der Waals surface area (Å²) < 4.78 is 53.1. The third-order valence-corrected chi connectivity index (χ3v) is 13.1. The Labute approximate surface area is 406 Å². The first kappa shape index (κ1) is 50.6. The molecule has 19 heteroatoms. The van der Waals surface area contributed by atoms with Crippen LogP contribution in [0, 0.1) is 23.7 Å². The highest BCUT2D eigenvalue weighted by atomic mass is 32.1. The molecule has 2 saturated heterocycles. The van der Waals surface area contributed by atoms with Crippen LogP contribution in [-0.2, 0) is 27.1 Å². The number of imide groups is 1. The Morgan fingerprint density at radius 1 is 0.957 bits per heavy atom. The molecule has 7 rings (SSSR count). The summed E-state index contributed by atoms with van der Waals surface area (Å²) in [4.78, 5) is 77.5. The van der Waals surface area contributed by atoms with E-state index < -0.39 is 76.1 Å². The zero-order valence-electron chi connectivity index (χ0n) is 39.3. The van der Waals surface area contributed by atoms with Gasteiger partial charge < -0.3 is 30.1 Å². The second-order valence-electron chi connectivity index (χ2n) is 18.5. The smallest absolute Gasteiger partial charge is 0.417 e. The maximum absolute atomic E-state index is 14.3. The van der Waals surface area contributed by atoms with Crippen molar-refractivity contribution in [2.45, 2.75) is 90.8 Å². The number of nitriles is 1. The molecule has 3 N–H and O–H groups in total. The molecule has 2 aliphatic heterocycles. The van der Waals surface area contributed by atoms with E-state index in [0.29, 0.717) is 23.1 Å². The Kier molecular flexibility index (Phi) is 14.7. The van der Waals surface area contributed by atoms with Crippen LogP contribution in [0.3, 0.4) is 0 Å². The lowest BCUT2D eigenvalue weighted by molar-refractivity contribution is -0.142. The van der Waals surface area contributed by atoms with Gasteiger partial charge in [-0.15, -0.1) is 11.3 Å². The maximum Gasteiger partial charge on any atom is 0.417 e. The number of thiazole rings is 1. The lowest BCUT2D eigenvalue weighted by atomic mass is 9.85. The van der Waals surface area contributed by atoms with Crippen LogP contribution in [0.1, 0.15) is 80.2 Å². The van der Waals surface area contributed by atoms with Crippen molar-refractivity contribution in [1.29, 1.82) is 5.26 Å². The SMILES string of the molecule is Cc1ncsc1-c1ccc(CNC(=O)[C@@H]2C[C@@H](O)CN2C(=O)C(NC(=O)c2ccccc2OCCCOc2ccc(N3C(=O)N(c4ccc(C#N)c(C(F)(F)F)c4)C(=O)C3(C)C)cc2)C(C)(C)C)cc1. The fourth-order valence-electron chi connectivity index (χ4n) is 8.35. The van der Waals surface area contributed by atoms with Crippen molar-refractivity contribution in [2.75, 3.05) is 29.6 Å². The van der Waals surface area contributed by atoms with Crippen LogP contribution in [0.15, 0.2) is 96.5 Å². The highest BCUT2D eigenvalue weighted by Gasteiger charge is 2.53. The van der Waals surface area contributed by atoms with E-state index in [4.69, 9.17) is 9.47 Å². The van der Waals surface area contributed by atoms with Crippen LogP contribution in [0.2, 0.25) is 0 Å². The van der Waals surface area contributed by atoms with Crippen LogP contribution in [0.25, 0.3) is 10.4 Å². The van der Waals surface area contributed by atoms with Gasteiger partial charge >= 0.3 is 12.2 Å². The van der Waals surface area contributed by atoms with Crippen molar-refractivity contribution in [1.82, 2.24) is 20.5 Å². The molecule has 3 atom stereocenters. The number of urea groups is 1. The molecule has 0 spiro atoms. The second kappa shape index (κ2) is 20.3. The molecule has 1 aromatic heterocycles. The fourth-order valence-corrected chi connectivity index (χ4v) is 9.16. The van der Waals surface area contributed by atoms with E-state index in [-0.39, 0.29) is 55.4 Å². The summed E-state index contributed by atoms with van der Waals surface area (Å²) in [5.41, 5.74) is 0.554. The number of aliphatic hydroxyl groups is 1. The number of ether oxygens (including phenoxy) is 2. The van der Waals surface area contributed by atoms with Gasteiger partial charge in [-0.3, -0.25) is 24.1 Å². The molecule has 1 unspecified atom stereocenters. The van der Waals surface area contributed by atoms with Gasteiger partial charge in [-0.25, -0.2) is 14.7 Å². The highest BCUT2D eigenvalue weighted by molar-refractivity contribution is 7.13. The van der Waals surface area contributed by atoms with Crippen molar-refractivity contribution < 1.29 is 51.7 Å². The Balaban J connectivity index is 0.928. The van der Waals surface area contributed by atoms with E-state index in [2.05, 4.69) is 15.6 Å². The maximum atomic E-state index is 14.3. The number of halogens is 3. The molecule has 6 amide bonds. The first-order chi connectivity index (χ1) is 33.1. The molecule has 15 nitrogen and oxygen atoms in total. The summed E-state index contributed by atoms with van der Waals surface area (Å²) in [6.45, 7) is 10.7. The van der Waals surface area contributed by atoms with Crippen molar-refractivity contribution in [3.8, 4) is 28.0 Å². The number of rotatable bonds is 15. The monoisotopic (exact) mass is 979 g/mol. The quantitative estimate of drug-likeness (QED) is 0.0683. The second-order valence-corrected chi connectivity index (χ2v) is 19.4. The number of β-amino-alcohol motifs (C(OH)–C–C–N with tert-alkyl or cyclic N) is 1. The molecule has 0 saturated carbocycles. The van der Waals surface area contributed by atoms with Gasteiger partial charge in [0.25, 0.3) is 11.8 Å².